The highest BCUT2D eigenvalue weighted by Crippen LogP contribution is 2.17. The van der Waals surface area contributed by atoms with Crippen molar-refractivity contribution in [3.05, 3.63) is 0 Å². The molecule has 0 bridgehead atoms. The van der Waals surface area contributed by atoms with Gasteiger partial charge in [0, 0.05) is 13.5 Å². The fourth-order valence-electron chi connectivity index (χ4n) is 2.18. The Morgan fingerprint density at radius 1 is 1.00 bits per heavy atom. The van der Waals surface area contributed by atoms with Gasteiger partial charge >= 0.3 is 5.97 Å². The van der Waals surface area contributed by atoms with Crippen molar-refractivity contribution < 1.29 is 14.7 Å². The molecule has 112 valence electrons. The second kappa shape index (κ2) is 12.0. The van der Waals surface area contributed by atoms with Gasteiger partial charge in [0.1, 0.15) is 0 Å². The lowest BCUT2D eigenvalue weighted by Crippen LogP contribution is -2.22. The molecule has 0 saturated heterocycles. The maximum atomic E-state index is 11.1. The minimum absolute atomic E-state index is 0.0530. The van der Waals surface area contributed by atoms with Crippen LogP contribution in [0.2, 0.25) is 0 Å². The molecule has 0 fully saturated rings. The first-order valence-corrected chi connectivity index (χ1v) is 7.55. The van der Waals surface area contributed by atoms with E-state index in [1.54, 1.807) is 0 Å². The second-order valence-electron chi connectivity index (χ2n) is 5.22. The molecule has 0 radical (unpaired) electrons. The zero-order chi connectivity index (χ0) is 14.5. The lowest BCUT2D eigenvalue weighted by Gasteiger charge is -2.12. The summed E-state index contributed by atoms with van der Waals surface area (Å²) in [5.41, 5.74) is 0. The molecule has 0 aromatic rings. The Bertz CT molecular complexity index is 254. The van der Waals surface area contributed by atoms with Crippen LogP contribution in [0.5, 0.6) is 0 Å². The van der Waals surface area contributed by atoms with Crippen LogP contribution in [-0.2, 0) is 9.59 Å². The highest BCUT2D eigenvalue weighted by Gasteiger charge is 2.16. The third-order valence-corrected chi connectivity index (χ3v) is 3.36. The number of carbonyl (C=O) groups excluding carboxylic acids is 1. The quantitative estimate of drug-likeness (QED) is 0.535. The SMILES string of the molecule is CCCCCCCCC(CCCNC(C)=O)C(=O)O. The number of aliphatic carboxylic acids is 1. The number of carboxylic acid groups (broad SMARTS) is 1. The standard InChI is InChI=1S/C15H29NO3/c1-3-4-5-6-7-8-10-14(15(18)19)11-9-12-16-13(2)17/h14H,3-12H2,1-2H3,(H,16,17)(H,18,19). The molecule has 19 heavy (non-hydrogen) atoms. The fraction of sp³-hybridized carbons (Fsp3) is 0.867. The molecule has 0 saturated carbocycles. The Morgan fingerprint density at radius 2 is 1.58 bits per heavy atom. The van der Waals surface area contributed by atoms with Crippen molar-refractivity contribution in [1.82, 2.24) is 5.32 Å². The van der Waals surface area contributed by atoms with Crippen molar-refractivity contribution in [3.63, 3.8) is 0 Å². The summed E-state index contributed by atoms with van der Waals surface area (Å²) in [6.07, 6.45) is 9.29. The second-order valence-corrected chi connectivity index (χ2v) is 5.22. The van der Waals surface area contributed by atoms with E-state index in [-0.39, 0.29) is 11.8 Å². The van der Waals surface area contributed by atoms with Crippen LogP contribution in [0.4, 0.5) is 0 Å². The molecule has 0 aromatic carbocycles. The van der Waals surface area contributed by atoms with E-state index in [9.17, 15) is 9.59 Å². The van der Waals surface area contributed by atoms with Gasteiger partial charge in [0.05, 0.1) is 5.92 Å². The van der Waals surface area contributed by atoms with Gasteiger partial charge in [-0.05, 0) is 19.3 Å². The monoisotopic (exact) mass is 271 g/mol. The first-order chi connectivity index (χ1) is 9.07. The maximum absolute atomic E-state index is 11.1. The molecular weight excluding hydrogens is 242 g/mol. The molecule has 1 amide bonds. The van der Waals surface area contributed by atoms with Crippen molar-refractivity contribution in [1.29, 1.82) is 0 Å². The van der Waals surface area contributed by atoms with Crippen LogP contribution in [-0.4, -0.2) is 23.5 Å². The molecule has 2 N–H and O–H groups in total. The van der Waals surface area contributed by atoms with Gasteiger partial charge in [-0.1, -0.05) is 45.4 Å². The van der Waals surface area contributed by atoms with Crippen LogP contribution in [0.3, 0.4) is 0 Å². The summed E-state index contributed by atoms with van der Waals surface area (Å²) in [7, 11) is 0. The number of amides is 1. The summed E-state index contributed by atoms with van der Waals surface area (Å²) >= 11 is 0. The number of unbranched alkanes of at least 4 members (excludes halogenated alkanes) is 5. The van der Waals surface area contributed by atoms with Crippen LogP contribution < -0.4 is 5.32 Å². The average molecular weight is 271 g/mol. The Balaban J connectivity index is 3.63. The van der Waals surface area contributed by atoms with Gasteiger partial charge in [-0.25, -0.2) is 0 Å². The molecule has 0 aromatic heterocycles. The zero-order valence-electron chi connectivity index (χ0n) is 12.4. The van der Waals surface area contributed by atoms with E-state index < -0.39 is 5.97 Å². The Kier molecular flexibility index (Phi) is 11.3. The highest BCUT2D eigenvalue weighted by atomic mass is 16.4. The number of hydrogen-bond acceptors (Lipinski definition) is 2. The van der Waals surface area contributed by atoms with E-state index in [0.717, 1.165) is 25.7 Å². The number of carbonyl (C=O) groups is 2. The smallest absolute Gasteiger partial charge is 0.306 e. The lowest BCUT2D eigenvalue weighted by molar-refractivity contribution is -0.142. The first-order valence-electron chi connectivity index (χ1n) is 7.55. The van der Waals surface area contributed by atoms with Crippen molar-refractivity contribution in [2.75, 3.05) is 6.54 Å². The normalized spacial score (nSPS) is 12.1. The van der Waals surface area contributed by atoms with Crippen molar-refractivity contribution in [2.24, 2.45) is 5.92 Å². The summed E-state index contributed by atoms with van der Waals surface area (Å²) < 4.78 is 0. The molecule has 0 aliphatic heterocycles. The minimum atomic E-state index is -0.698. The van der Waals surface area contributed by atoms with Crippen LogP contribution in [0, 0.1) is 5.92 Å². The van der Waals surface area contributed by atoms with Crippen molar-refractivity contribution in [2.45, 2.75) is 71.6 Å². The van der Waals surface area contributed by atoms with E-state index in [1.807, 2.05) is 0 Å². The lowest BCUT2D eigenvalue weighted by atomic mass is 9.96. The van der Waals surface area contributed by atoms with Crippen molar-refractivity contribution >= 4 is 11.9 Å². The maximum Gasteiger partial charge on any atom is 0.306 e. The molecule has 0 heterocycles. The number of carboxylic acids is 1. The van der Waals surface area contributed by atoms with Gasteiger partial charge in [-0.2, -0.15) is 0 Å². The highest BCUT2D eigenvalue weighted by molar-refractivity contribution is 5.72. The fourth-order valence-corrected chi connectivity index (χ4v) is 2.18. The van der Waals surface area contributed by atoms with E-state index in [1.165, 1.54) is 32.6 Å². The molecule has 0 aliphatic rings. The van der Waals surface area contributed by atoms with Gasteiger partial charge in [0.25, 0.3) is 0 Å². The predicted octanol–water partition coefficient (Wildman–Crippen LogP) is 3.35. The summed E-state index contributed by atoms with van der Waals surface area (Å²) in [6.45, 7) is 4.25. The van der Waals surface area contributed by atoms with E-state index in [0.29, 0.717) is 13.0 Å². The summed E-state index contributed by atoms with van der Waals surface area (Å²) in [4.78, 5) is 21.8. The van der Waals surface area contributed by atoms with Gasteiger partial charge < -0.3 is 10.4 Å². The van der Waals surface area contributed by atoms with Gasteiger partial charge in [-0.15, -0.1) is 0 Å². The summed E-state index contributed by atoms with van der Waals surface area (Å²) in [6, 6.07) is 0. The largest absolute Gasteiger partial charge is 0.481 e. The van der Waals surface area contributed by atoms with E-state index in [4.69, 9.17) is 5.11 Å². The van der Waals surface area contributed by atoms with Gasteiger partial charge in [0.2, 0.25) is 5.91 Å². The third kappa shape index (κ3) is 11.7. The number of nitrogens with one attached hydrogen (secondary N) is 1. The Labute approximate surface area is 117 Å². The minimum Gasteiger partial charge on any atom is -0.481 e. The molecule has 4 heteroatoms. The molecule has 1 unspecified atom stereocenters. The van der Waals surface area contributed by atoms with Gasteiger partial charge in [-0.3, -0.25) is 9.59 Å². The topological polar surface area (TPSA) is 66.4 Å². The number of hydrogen-bond donors (Lipinski definition) is 2. The zero-order valence-corrected chi connectivity index (χ0v) is 12.4. The van der Waals surface area contributed by atoms with E-state index in [2.05, 4.69) is 12.2 Å². The average Bonchev–Trinajstić information content (AvgIpc) is 2.35. The molecule has 4 nitrogen and oxygen atoms in total. The molecule has 0 spiro atoms. The first kappa shape index (κ1) is 17.9. The summed E-state index contributed by atoms with van der Waals surface area (Å²) in [5.74, 6) is -1.00. The Morgan fingerprint density at radius 3 is 2.16 bits per heavy atom. The van der Waals surface area contributed by atoms with Crippen LogP contribution >= 0.6 is 0 Å². The summed E-state index contributed by atoms with van der Waals surface area (Å²) in [5, 5.41) is 11.8. The third-order valence-electron chi connectivity index (χ3n) is 3.36. The van der Waals surface area contributed by atoms with Crippen LogP contribution in [0.15, 0.2) is 0 Å². The molecule has 1 atom stereocenters. The molecular formula is C15H29NO3. The molecule has 0 rings (SSSR count). The number of rotatable bonds is 12. The van der Waals surface area contributed by atoms with E-state index >= 15 is 0 Å². The predicted molar refractivity (Wildman–Crippen MR) is 77.0 cm³/mol. The molecule has 0 aliphatic carbocycles. The van der Waals surface area contributed by atoms with Crippen molar-refractivity contribution in [3.8, 4) is 0 Å². The van der Waals surface area contributed by atoms with Crippen LogP contribution in [0.1, 0.15) is 71.6 Å². The van der Waals surface area contributed by atoms with Crippen LogP contribution in [0.25, 0.3) is 0 Å². The van der Waals surface area contributed by atoms with Gasteiger partial charge in [0.15, 0.2) is 0 Å². The Hall–Kier alpha value is -1.06.